The quantitative estimate of drug-likeness (QED) is 0.730. The number of hydrogen-bond acceptors (Lipinski definition) is 4. The third-order valence-electron chi connectivity index (χ3n) is 8.42. The maximum Gasteiger partial charge on any atom is 0.324 e. The standard InChI is InChI=1S/C23H33N3O3/c1-22(2)17-6-8-23(22,9-7-17)15-24(3)10-11-25-12-13-26(21(25)27)18-4-5-19-20(14-18)29-16-28-19/h4-5,14,17H,6-13,15-16H2,1-3H3. The van der Waals surface area contributed by atoms with Crippen LogP contribution in [-0.4, -0.2) is 62.4 Å². The number of urea groups is 1. The maximum absolute atomic E-state index is 13.0. The van der Waals surface area contributed by atoms with E-state index in [1.54, 1.807) is 0 Å². The summed E-state index contributed by atoms with van der Waals surface area (Å²) in [4.78, 5) is 19.2. The molecule has 2 aliphatic heterocycles. The van der Waals surface area contributed by atoms with Crippen LogP contribution >= 0.6 is 0 Å². The summed E-state index contributed by atoms with van der Waals surface area (Å²) in [6.45, 7) is 9.60. The molecular weight excluding hydrogens is 366 g/mol. The molecule has 0 N–H and O–H groups in total. The first kappa shape index (κ1) is 19.0. The molecule has 2 heterocycles. The number of anilines is 1. The van der Waals surface area contributed by atoms with E-state index in [0.29, 0.717) is 10.8 Å². The Balaban J connectivity index is 1.17. The lowest BCUT2D eigenvalue weighted by atomic mass is 9.69. The van der Waals surface area contributed by atoms with E-state index >= 15 is 0 Å². The van der Waals surface area contributed by atoms with Gasteiger partial charge in [0.15, 0.2) is 11.5 Å². The highest BCUT2D eigenvalue weighted by Gasteiger charge is 2.58. The molecule has 1 aromatic rings. The molecule has 0 unspecified atom stereocenters. The molecule has 0 aromatic heterocycles. The van der Waals surface area contributed by atoms with Crippen molar-refractivity contribution in [3.63, 3.8) is 0 Å². The Morgan fingerprint density at radius 3 is 2.62 bits per heavy atom. The third kappa shape index (κ3) is 2.98. The molecular formula is C23H33N3O3. The molecule has 29 heavy (non-hydrogen) atoms. The second-order valence-corrected chi connectivity index (χ2v) is 9.97. The summed E-state index contributed by atoms with van der Waals surface area (Å²) in [5, 5.41) is 0. The number of carbonyl (C=O) groups excluding carboxylic acids is 1. The Kier molecular flexibility index (Phi) is 4.46. The smallest absolute Gasteiger partial charge is 0.324 e. The van der Waals surface area contributed by atoms with Gasteiger partial charge in [-0.05, 0) is 61.6 Å². The van der Waals surface area contributed by atoms with Crippen molar-refractivity contribution in [3.05, 3.63) is 18.2 Å². The molecule has 0 radical (unpaired) electrons. The van der Waals surface area contributed by atoms with Crippen molar-refractivity contribution >= 4 is 11.7 Å². The van der Waals surface area contributed by atoms with Crippen molar-refractivity contribution in [2.24, 2.45) is 16.7 Å². The highest BCUT2D eigenvalue weighted by molar-refractivity contribution is 5.94. The third-order valence-corrected chi connectivity index (χ3v) is 8.42. The molecule has 0 spiro atoms. The van der Waals surface area contributed by atoms with Gasteiger partial charge in [0.1, 0.15) is 0 Å². The summed E-state index contributed by atoms with van der Waals surface area (Å²) in [7, 11) is 2.23. The number of fused-ring (bicyclic) bond motifs is 3. The normalized spacial score (nSPS) is 29.5. The lowest BCUT2D eigenvalue weighted by Gasteiger charge is -2.41. The van der Waals surface area contributed by atoms with E-state index in [-0.39, 0.29) is 12.8 Å². The number of amides is 2. The largest absolute Gasteiger partial charge is 0.454 e. The number of likely N-dealkylation sites (N-methyl/N-ethyl adjacent to an activating group) is 1. The summed E-state index contributed by atoms with van der Waals surface area (Å²) in [5.74, 6) is 2.38. The summed E-state index contributed by atoms with van der Waals surface area (Å²) in [5.41, 5.74) is 1.82. The minimum atomic E-state index is 0.0950. The van der Waals surface area contributed by atoms with Crippen molar-refractivity contribution < 1.29 is 14.3 Å². The highest BCUT2D eigenvalue weighted by atomic mass is 16.7. The van der Waals surface area contributed by atoms with Gasteiger partial charge in [-0.3, -0.25) is 4.90 Å². The maximum atomic E-state index is 13.0. The van der Waals surface area contributed by atoms with E-state index in [1.165, 1.54) is 25.7 Å². The molecule has 1 saturated heterocycles. The van der Waals surface area contributed by atoms with Crippen LogP contribution < -0.4 is 14.4 Å². The van der Waals surface area contributed by atoms with Crippen molar-refractivity contribution in [2.45, 2.75) is 39.5 Å². The summed E-state index contributed by atoms with van der Waals surface area (Å²) in [6, 6.07) is 5.84. The summed E-state index contributed by atoms with van der Waals surface area (Å²) in [6.07, 6.45) is 5.54. The summed E-state index contributed by atoms with van der Waals surface area (Å²) >= 11 is 0. The number of benzene rings is 1. The first-order valence-corrected chi connectivity index (χ1v) is 11.0. The average molecular weight is 400 g/mol. The Morgan fingerprint density at radius 2 is 1.90 bits per heavy atom. The fourth-order valence-electron chi connectivity index (χ4n) is 6.30. The molecule has 1 aromatic carbocycles. The first-order chi connectivity index (χ1) is 13.9. The molecule has 2 bridgehead atoms. The minimum absolute atomic E-state index is 0.0950. The van der Waals surface area contributed by atoms with Crippen LogP contribution in [0.2, 0.25) is 0 Å². The number of nitrogens with zero attached hydrogens (tertiary/aromatic N) is 3. The molecule has 6 nitrogen and oxygen atoms in total. The van der Waals surface area contributed by atoms with Crippen LogP contribution in [0.5, 0.6) is 11.5 Å². The van der Waals surface area contributed by atoms with Gasteiger partial charge in [-0.2, -0.15) is 0 Å². The van der Waals surface area contributed by atoms with Gasteiger partial charge in [-0.1, -0.05) is 13.8 Å². The van der Waals surface area contributed by atoms with Gasteiger partial charge in [0.25, 0.3) is 0 Å². The second-order valence-electron chi connectivity index (χ2n) is 9.97. The van der Waals surface area contributed by atoms with E-state index in [2.05, 4.69) is 25.8 Å². The van der Waals surface area contributed by atoms with Crippen molar-refractivity contribution in [1.82, 2.24) is 9.80 Å². The lowest BCUT2D eigenvalue weighted by Crippen LogP contribution is -2.44. The van der Waals surface area contributed by atoms with Crippen LogP contribution in [0.4, 0.5) is 10.5 Å². The average Bonchev–Trinajstić information content (AvgIpc) is 3.42. The van der Waals surface area contributed by atoms with Gasteiger partial charge in [0.05, 0.1) is 0 Å². The van der Waals surface area contributed by atoms with Crippen LogP contribution in [0, 0.1) is 16.7 Å². The monoisotopic (exact) mass is 399 g/mol. The molecule has 5 rings (SSSR count). The molecule has 3 fully saturated rings. The lowest BCUT2D eigenvalue weighted by molar-refractivity contribution is 0.0761. The molecule has 2 aliphatic carbocycles. The van der Waals surface area contributed by atoms with Gasteiger partial charge < -0.3 is 19.3 Å². The Bertz CT molecular complexity index is 801. The molecule has 2 saturated carbocycles. The fourth-order valence-corrected chi connectivity index (χ4v) is 6.30. The van der Waals surface area contributed by atoms with Gasteiger partial charge in [0, 0.05) is 44.5 Å². The van der Waals surface area contributed by atoms with Crippen LogP contribution in [0.15, 0.2) is 18.2 Å². The van der Waals surface area contributed by atoms with Gasteiger partial charge in [-0.15, -0.1) is 0 Å². The van der Waals surface area contributed by atoms with Crippen molar-refractivity contribution in [2.75, 3.05) is 51.5 Å². The van der Waals surface area contributed by atoms with Crippen LogP contribution in [0.1, 0.15) is 39.5 Å². The molecule has 4 aliphatic rings. The zero-order chi connectivity index (χ0) is 20.2. The van der Waals surface area contributed by atoms with Crippen LogP contribution in [0.3, 0.4) is 0 Å². The molecule has 158 valence electrons. The van der Waals surface area contributed by atoms with E-state index in [9.17, 15) is 4.79 Å². The summed E-state index contributed by atoms with van der Waals surface area (Å²) < 4.78 is 10.8. The molecule has 0 atom stereocenters. The Morgan fingerprint density at radius 1 is 1.14 bits per heavy atom. The first-order valence-electron chi connectivity index (χ1n) is 11.0. The second kappa shape index (κ2) is 6.79. The highest BCUT2D eigenvalue weighted by Crippen LogP contribution is 2.65. The van der Waals surface area contributed by atoms with E-state index in [4.69, 9.17) is 9.47 Å². The van der Waals surface area contributed by atoms with Crippen LogP contribution in [-0.2, 0) is 0 Å². The zero-order valence-corrected chi connectivity index (χ0v) is 17.9. The van der Waals surface area contributed by atoms with Gasteiger partial charge >= 0.3 is 6.03 Å². The van der Waals surface area contributed by atoms with Gasteiger partial charge in [0.2, 0.25) is 6.79 Å². The predicted octanol–water partition coefficient (Wildman–Crippen LogP) is 3.81. The van der Waals surface area contributed by atoms with E-state index in [0.717, 1.165) is 55.8 Å². The van der Waals surface area contributed by atoms with E-state index < -0.39 is 0 Å². The Labute approximate surface area is 173 Å². The molecule has 2 amide bonds. The van der Waals surface area contributed by atoms with E-state index in [1.807, 2.05) is 28.0 Å². The van der Waals surface area contributed by atoms with Crippen LogP contribution in [0.25, 0.3) is 0 Å². The van der Waals surface area contributed by atoms with Crippen molar-refractivity contribution in [1.29, 1.82) is 0 Å². The molecule has 6 heteroatoms. The minimum Gasteiger partial charge on any atom is -0.454 e. The Hall–Kier alpha value is -1.95. The number of hydrogen-bond donors (Lipinski definition) is 0. The number of ether oxygens (including phenoxy) is 2. The predicted molar refractivity (Wildman–Crippen MR) is 113 cm³/mol. The van der Waals surface area contributed by atoms with Crippen molar-refractivity contribution in [3.8, 4) is 11.5 Å². The fraction of sp³-hybridized carbons (Fsp3) is 0.696. The van der Waals surface area contributed by atoms with Gasteiger partial charge in [-0.25, -0.2) is 4.79 Å². The number of rotatable bonds is 6. The topological polar surface area (TPSA) is 45.2 Å². The zero-order valence-electron chi connectivity index (χ0n) is 17.9. The SMILES string of the molecule is CN(CCN1CCN(c2ccc3c(c2)OCO3)C1=O)CC12CCC(CC1)C2(C)C. The number of carbonyl (C=O) groups is 1.